The van der Waals surface area contributed by atoms with E-state index < -0.39 is 5.60 Å². The van der Waals surface area contributed by atoms with Crippen molar-refractivity contribution in [1.29, 1.82) is 5.26 Å². The predicted octanol–water partition coefficient (Wildman–Crippen LogP) is 3.17. The molecule has 0 saturated heterocycles. The molecule has 0 aromatic heterocycles. The predicted molar refractivity (Wildman–Crippen MR) is 78.8 cm³/mol. The highest BCUT2D eigenvalue weighted by Gasteiger charge is 2.35. The molecule has 1 heterocycles. The highest BCUT2D eigenvalue weighted by atomic mass is 35.5. The van der Waals surface area contributed by atoms with Gasteiger partial charge in [-0.2, -0.15) is 5.26 Å². The molecule has 5 heteroatoms. The SMILES string of the molecule is CC1(C)Oc2ccc(C#N)cc2C(NCCCCl)=C1O. The minimum Gasteiger partial charge on any atom is -0.506 e. The van der Waals surface area contributed by atoms with Gasteiger partial charge in [-0.05, 0) is 38.5 Å². The van der Waals surface area contributed by atoms with Crippen LogP contribution in [0.2, 0.25) is 0 Å². The molecule has 0 aliphatic carbocycles. The summed E-state index contributed by atoms with van der Waals surface area (Å²) in [6.45, 7) is 4.24. The molecule has 0 bridgehead atoms. The smallest absolute Gasteiger partial charge is 0.162 e. The monoisotopic (exact) mass is 292 g/mol. The van der Waals surface area contributed by atoms with Gasteiger partial charge in [0.2, 0.25) is 0 Å². The van der Waals surface area contributed by atoms with Crippen molar-refractivity contribution in [2.75, 3.05) is 12.4 Å². The Morgan fingerprint density at radius 3 is 2.85 bits per heavy atom. The Kier molecular flexibility index (Phi) is 4.10. The summed E-state index contributed by atoms with van der Waals surface area (Å²) in [4.78, 5) is 0. The van der Waals surface area contributed by atoms with Crippen LogP contribution in [0.1, 0.15) is 31.4 Å². The van der Waals surface area contributed by atoms with Crippen molar-refractivity contribution in [3.05, 3.63) is 35.1 Å². The zero-order chi connectivity index (χ0) is 14.8. The van der Waals surface area contributed by atoms with Crippen LogP contribution in [-0.2, 0) is 0 Å². The molecule has 1 aliphatic heterocycles. The Bertz CT molecular complexity index is 588. The molecule has 0 spiro atoms. The number of hydrogen-bond acceptors (Lipinski definition) is 4. The van der Waals surface area contributed by atoms with Gasteiger partial charge in [0.1, 0.15) is 5.75 Å². The normalized spacial score (nSPS) is 16.1. The number of fused-ring (bicyclic) bond motifs is 1. The fourth-order valence-corrected chi connectivity index (χ4v) is 2.23. The van der Waals surface area contributed by atoms with Crippen LogP contribution in [-0.4, -0.2) is 23.1 Å². The summed E-state index contributed by atoms with van der Waals surface area (Å²) in [5.41, 5.74) is 1.04. The summed E-state index contributed by atoms with van der Waals surface area (Å²) in [6.07, 6.45) is 0.785. The molecule has 4 nitrogen and oxygen atoms in total. The van der Waals surface area contributed by atoms with Crippen molar-refractivity contribution >= 4 is 17.3 Å². The number of halogens is 1. The van der Waals surface area contributed by atoms with Gasteiger partial charge in [-0.1, -0.05) is 0 Å². The summed E-state index contributed by atoms with van der Waals surface area (Å²) in [6, 6.07) is 7.26. The van der Waals surface area contributed by atoms with E-state index in [0.29, 0.717) is 35.0 Å². The molecule has 0 unspecified atom stereocenters. The molecule has 2 N–H and O–H groups in total. The molecule has 0 fully saturated rings. The summed E-state index contributed by atoms with van der Waals surface area (Å²) in [5, 5.41) is 22.6. The van der Waals surface area contributed by atoms with Crippen LogP contribution in [0.4, 0.5) is 0 Å². The van der Waals surface area contributed by atoms with Crippen LogP contribution in [0, 0.1) is 11.3 Å². The zero-order valence-electron chi connectivity index (χ0n) is 11.5. The molecule has 1 aliphatic rings. The molecule has 0 amide bonds. The van der Waals surface area contributed by atoms with E-state index in [1.165, 1.54) is 0 Å². The van der Waals surface area contributed by atoms with Gasteiger partial charge in [0.15, 0.2) is 11.4 Å². The van der Waals surface area contributed by atoms with E-state index in [1.807, 2.05) is 0 Å². The fraction of sp³-hybridized carbons (Fsp3) is 0.400. The Morgan fingerprint density at radius 2 is 2.20 bits per heavy atom. The summed E-state index contributed by atoms with van der Waals surface area (Å²) >= 11 is 5.67. The number of rotatable bonds is 4. The number of aliphatic hydroxyl groups is 1. The van der Waals surface area contributed by atoms with Crippen molar-refractivity contribution < 1.29 is 9.84 Å². The number of nitrogens with zero attached hydrogens (tertiary/aromatic N) is 1. The van der Waals surface area contributed by atoms with E-state index >= 15 is 0 Å². The quantitative estimate of drug-likeness (QED) is 0.661. The third-order valence-electron chi connectivity index (χ3n) is 3.16. The first kappa shape index (κ1) is 14.5. The van der Waals surface area contributed by atoms with Gasteiger partial charge in [-0.15, -0.1) is 11.6 Å². The first-order chi connectivity index (χ1) is 9.49. The molecular weight excluding hydrogens is 276 g/mol. The zero-order valence-corrected chi connectivity index (χ0v) is 12.3. The minimum absolute atomic E-state index is 0.134. The first-order valence-corrected chi connectivity index (χ1v) is 7.00. The average molecular weight is 293 g/mol. The Hall–Kier alpha value is -1.86. The number of nitrogens with one attached hydrogen (secondary N) is 1. The molecule has 2 rings (SSSR count). The van der Waals surface area contributed by atoms with Crippen molar-refractivity contribution in [3.8, 4) is 11.8 Å². The van der Waals surface area contributed by atoms with E-state index in [2.05, 4.69) is 11.4 Å². The summed E-state index contributed by atoms with van der Waals surface area (Å²) < 4.78 is 5.78. The molecule has 0 saturated carbocycles. The average Bonchev–Trinajstić information content (AvgIpc) is 2.42. The molecule has 106 valence electrons. The van der Waals surface area contributed by atoms with Gasteiger partial charge in [-0.25, -0.2) is 0 Å². The van der Waals surface area contributed by atoms with E-state index in [1.54, 1.807) is 32.0 Å². The number of benzene rings is 1. The van der Waals surface area contributed by atoms with Crippen LogP contribution >= 0.6 is 11.6 Å². The Labute approximate surface area is 123 Å². The van der Waals surface area contributed by atoms with Gasteiger partial charge in [0.25, 0.3) is 0 Å². The standard InChI is InChI=1S/C15H17ClN2O2/c1-15(2)14(19)13(18-7-3-6-16)11-8-10(9-17)4-5-12(11)20-15/h4-5,8,18-19H,3,6-7H2,1-2H3. The van der Waals surface area contributed by atoms with E-state index in [4.69, 9.17) is 21.6 Å². The second kappa shape index (κ2) is 5.64. The molecular formula is C15H17ClN2O2. The highest BCUT2D eigenvalue weighted by Crippen LogP contribution is 2.38. The maximum atomic E-state index is 10.4. The van der Waals surface area contributed by atoms with Gasteiger partial charge < -0.3 is 15.2 Å². The Balaban J connectivity index is 2.46. The topological polar surface area (TPSA) is 65.3 Å². The molecule has 1 aromatic rings. The lowest BCUT2D eigenvalue weighted by Gasteiger charge is -2.34. The highest BCUT2D eigenvalue weighted by molar-refractivity contribution is 6.17. The third-order valence-corrected chi connectivity index (χ3v) is 3.43. The molecule has 20 heavy (non-hydrogen) atoms. The van der Waals surface area contributed by atoms with Crippen molar-refractivity contribution in [1.82, 2.24) is 5.32 Å². The minimum atomic E-state index is -0.801. The van der Waals surface area contributed by atoms with Crippen molar-refractivity contribution in [3.63, 3.8) is 0 Å². The van der Waals surface area contributed by atoms with Gasteiger partial charge in [0.05, 0.1) is 17.3 Å². The molecule has 0 radical (unpaired) electrons. The van der Waals surface area contributed by atoms with Crippen LogP contribution in [0.5, 0.6) is 5.75 Å². The largest absolute Gasteiger partial charge is 0.506 e. The van der Waals surface area contributed by atoms with E-state index in [0.717, 1.165) is 6.42 Å². The molecule has 1 aromatic carbocycles. The number of hydrogen-bond donors (Lipinski definition) is 2. The Morgan fingerprint density at radius 1 is 1.45 bits per heavy atom. The number of nitriles is 1. The first-order valence-electron chi connectivity index (χ1n) is 6.46. The molecule has 0 atom stereocenters. The maximum absolute atomic E-state index is 10.4. The fourth-order valence-electron chi connectivity index (χ4n) is 2.09. The van der Waals surface area contributed by atoms with Crippen LogP contribution in [0.15, 0.2) is 24.0 Å². The second-order valence-corrected chi connectivity index (χ2v) is 5.51. The van der Waals surface area contributed by atoms with Gasteiger partial charge >= 0.3 is 0 Å². The summed E-state index contributed by atoms with van der Waals surface area (Å²) in [5.74, 6) is 1.33. The number of ether oxygens (including phenoxy) is 1. The lowest BCUT2D eigenvalue weighted by Crippen LogP contribution is -2.37. The van der Waals surface area contributed by atoms with Gasteiger partial charge in [0, 0.05) is 18.0 Å². The maximum Gasteiger partial charge on any atom is 0.162 e. The van der Waals surface area contributed by atoms with Gasteiger partial charge in [-0.3, -0.25) is 0 Å². The number of aliphatic hydroxyl groups excluding tert-OH is 1. The van der Waals surface area contributed by atoms with E-state index in [9.17, 15) is 5.11 Å². The van der Waals surface area contributed by atoms with Crippen molar-refractivity contribution in [2.24, 2.45) is 0 Å². The second-order valence-electron chi connectivity index (χ2n) is 5.13. The van der Waals surface area contributed by atoms with Crippen LogP contribution in [0.3, 0.4) is 0 Å². The van der Waals surface area contributed by atoms with E-state index in [-0.39, 0.29) is 5.76 Å². The van der Waals surface area contributed by atoms with Crippen LogP contribution in [0.25, 0.3) is 5.70 Å². The number of alkyl halides is 1. The van der Waals surface area contributed by atoms with Crippen LogP contribution < -0.4 is 10.1 Å². The summed E-state index contributed by atoms with van der Waals surface area (Å²) in [7, 11) is 0. The third kappa shape index (κ3) is 2.68. The van der Waals surface area contributed by atoms with Crippen molar-refractivity contribution in [2.45, 2.75) is 25.9 Å². The lowest BCUT2D eigenvalue weighted by atomic mass is 9.95. The lowest BCUT2D eigenvalue weighted by molar-refractivity contribution is 0.0909.